The van der Waals surface area contributed by atoms with Gasteiger partial charge in [0, 0.05) is 35.7 Å². The highest BCUT2D eigenvalue weighted by atomic mass is 79.9. The van der Waals surface area contributed by atoms with Gasteiger partial charge in [-0.05, 0) is 6.07 Å². The van der Waals surface area contributed by atoms with Crippen LogP contribution in [-0.2, 0) is 11.3 Å². The van der Waals surface area contributed by atoms with E-state index in [-0.39, 0.29) is 5.92 Å². The number of carboxylic acids is 1. The summed E-state index contributed by atoms with van der Waals surface area (Å²) in [6, 6.07) is 3.71. The summed E-state index contributed by atoms with van der Waals surface area (Å²) in [6.07, 6.45) is 0. The summed E-state index contributed by atoms with van der Waals surface area (Å²) in [5.74, 6) is 0.490. The molecule has 5 nitrogen and oxygen atoms in total. The number of aliphatic carboxylic acids is 1. The fraction of sp³-hybridized carbons (Fsp3) is 0.462. The van der Waals surface area contributed by atoms with Crippen molar-refractivity contribution >= 4 is 21.9 Å². The summed E-state index contributed by atoms with van der Waals surface area (Å²) in [6.45, 7) is 1.82. The Hall–Kier alpha value is -1.27. The van der Waals surface area contributed by atoms with Crippen molar-refractivity contribution in [3.63, 3.8) is 0 Å². The molecule has 1 N–H and O–H groups in total. The van der Waals surface area contributed by atoms with E-state index in [1.165, 1.54) is 0 Å². The summed E-state index contributed by atoms with van der Waals surface area (Å²) in [5, 5.41) is 8.86. The van der Waals surface area contributed by atoms with Crippen molar-refractivity contribution in [1.29, 1.82) is 0 Å². The summed E-state index contributed by atoms with van der Waals surface area (Å²) in [4.78, 5) is 12.9. The number of benzene rings is 1. The first kappa shape index (κ1) is 14.1. The predicted molar refractivity (Wildman–Crippen MR) is 73.6 cm³/mol. The number of hydrogen-bond donors (Lipinski definition) is 1. The molecule has 1 aromatic carbocycles. The van der Waals surface area contributed by atoms with Crippen LogP contribution in [0.2, 0.25) is 0 Å². The van der Waals surface area contributed by atoms with Crippen LogP contribution in [0.4, 0.5) is 0 Å². The topological polar surface area (TPSA) is 59.0 Å². The van der Waals surface area contributed by atoms with Gasteiger partial charge in [0.2, 0.25) is 0 Å². The van der Waals surface area contributed by atoms with Gasteiger partial charge in [-0.3, -0.25) is 9.69 Å². The van der Waals surface area contributed by atoms with E-state index in [4.69, 9.17) is 14.6 Å². The zero-order valence-corrected chi connectivity index (χ0v) is 12.4. The smallest absolute Gasteiger partial charge is 0.309 e. The van der Waals surface area contributed by atoms with Crippen molar-refractivity contribution < 1.29 is 19.4 Å². The monoisotopic (exact) mass is 329 g/mol. The van der Waals surface area contributed by atoms with E-state index >= 15 is 0 Å². The van der Waals surface area contributed by atoms with Crippen LogP contribution in [0.15, 0.2) is 16.6 Å². The highest BCUT2D eigenvalue weighted by Gasteiger charge is 2.33. The van der Waals surface area contributed by atoms with Crippen LogP contribution in [-0.4, -0.2) is 43.3 Å². The van der Waals surface area contributed by atoms with Crippen molar-refractivity contribution in [3.05, 3.63) is 22.2 Å². The van der Waals surface area contributed by atoms with Crippen LogP contribution in [0.5, 0.6) is 11.5 Å². The Kier molecular flexibility index (Phi) is 4.31. The van der Waals surface area contributed by atoms with Gasteiger partial charge in [-0.1, -0.05) is 15.9 Å². The predicted octanol–water partition coefficient (Wildman–Crippen LogP) is 1.98. The largest absolute Gasteiger partial charge is 0.497 e. The molecule has 19 heavy (non-hydrogen) atoms. The molecule has 0 aliphatic carbocycles. The number of methoxy groups -OCH3 is 2. The molecule has 6 heteroatoms. The van der Waals surface area contributed by atoms with E-state index < -0.39 is 5.97 Å². The fourth-order valence-corrected chi connectivity index (χ4v) is 2.67. The average Bonchev–Trinajstić information content (AvgIpc) is 2.33. The SMILES string of the molecule is COc1cc(Br)c(CN2CC(C(=O)O)C2)c(OC)c1. The van der Waals surface area contributed by atoms with Gasteiger partial charge in [-0.25, -0.2) is 0 Å². The van der Waals surface area contributed by atoms with Gasteiger partial charge in [0.15, 0.2) is 0 Å². The molecule has 104 valence electrons. The highest BCUT2D eigenvalue weighted by molar-refractivity contribution is 9.10. The lowest BCUT2D eigenvalue weighted by Crippen LogP contribution is -2.49. The van der Waals surface area contributed by atoms with E-state index in [2.05, 4.69) is 20.8 Å². The van der Waals surface area contributed by atoms with E-state index in [1.54, 1.807) is 14.2 Å². The van der Waals surface area contributed by atoms with Gasteiger partial charge in [0.05, 0.1) is 20.1 Å². The molecule has 1 aliphatic heterocycles. The third-order valence-electron chi connectivity index (χ3n) is 3.27. The maximum Gasteiger partial charge on any atom is 0.309 e. The maximum atomic E-state index is 10.8. The van der Waals surface area contributed by atoms with Gasteiger partial charge in [-0.15, -0.1) is 0 Å². The van der Waals surface area contributed by atoms with Crippen molar-refractivity contribution in [1.82, 2.24) is 4.90 Å². The second kappa shape index (κ2) is 5.79. The number of ether oxygens (including phenoxy) is 2. The minimum absolute atomic E-state index is 0.247. The number of halogens is 1. The Balaban J connectivity index is 2.10. The molecule has 1 aliphatic rings. The van der Waals surface area contributed by atoms with Crippen LogP contribution in [0.25, 0.3) is 0 Å². The third kappa shape index (κ3) is 3.01. The normalized spacial score (nSPS) is 15.9. The third-order valence-corrected chi connectivity index (χ3v) is 3.98. The second-order valence-electron chi connectivity index (χ2n) is 4.52. The number of carbonyl (C=O) groups is 1. The Bertz CT molecular complexity index is 486. The Morgan fingerprint density at radius 1 is 1.42 bits per heavy atom. The molecule has 1 aromatic rings. The van der Waals surface area contributed by atoms with E-state index in [1.807, 2.05) is 12.1 Å². The number of hydrogen-bond acceptors (Lipinski definition) is 4. The second-order valence-corrected chi connectivity index (χ2v) is 5.37. The molecule has 1 saturated heterocycles. The lowest BCUT2D eigenvalue weighted by Gasteiger charge is -2.37. The maximum absolute atomic E-state index is 10.8. The van der Waals surface area contributed by atoms with Crippen LogP contribution in [0, 0.1) is 5.92 Å². The molecular weight excluding hydrogens is 314 g/mol. The molecule has 0 bridgehead atoms. The summed E-state index contributed by atoms with van der Waals surface area (Å²) in [5.41, 5.74) is 1.01. The number of nitrogens with zero attached hydrogens (tertiary/aromatic N) is 1. The zero-order chi connectivity index (χ0) is 14.0. The number of carboxylic acid groups (broad SMARTS) is 1. The molecule has 0 radical (unpaired) electrons. The standard InChI is InChI=1S/C13H16BrNO4/c1-18-9-3-11(14)10(12(4-9)19-2)7-15-5-8(6-15)13(16)17/h3-4,8H,5-7H2,1-2H3,(H,16,17). The Morgan fingerprint density at radius 3 is 2.63 bits per heavy atom. The van der Waals surface area contributed by atoms with Gasteiger partial charge < -0.3 is 14.6 Å². The zero-order valence-electron chi connectivity index (χ0n) is 10.9. The van der Waals surface area contributed by atoms with Gasteiger partial charge in [0.1, 0.15) is 11.5 Å². The minimum Gasteiger partial charge on any atom is -0.497 e. The molecule has 1 heterocycles. The van der Waals surface area contributed by atoms with Crippen molar-refractivity contribution in [3.8, 4) is 11.5 Å². The molecule has 0 saturated carbocycles. The first-order valence-corrected chi connectivity index (χ1v) is 6.70. The van der Waals surface area contributed by atoms with E-state index in [0.29, 0.717) is 19.6 Å². The van der Waals surface area contributed by atoms with Crippen molar-refractivity contribution in [2.24, 2.45) is 5.92 Å². The number of rotatable bonds is 5. The van der Waals surface area contributed by atoms with E-state index in [0.717, 1.165) is 21.5 Å². The minimum atomic E-state index is -0.725. The molecule has 1 fully saturated rings. The van der Waals surface area contributed by atoms with Gasteiger partial charge in [0.25, 0.3) is 0 Å². The fourth-order valence-electron chi connectivity index (χ4n) is 2.12. The number of likely N-dealkylation sites (tertiary alicyclic amines) is 1. The van der Waals surface area contributed by atoms with Crippen LogP contribution in [0.1, 0.15) is 5.56 Å². The first-order valence-electron chi connectivity index (χ1n) is 5.90. The Morgan fingerprint density at radius 2 is 2.11 bits per heavy atom. The first-order chi connectivity index (χ1) is 9.05. The summed E-state index contributed by atoms with van der Waals surface area (Å²) < 4.78 is 11.4. The lowest BCUT2D eigenvalue weighted by molar-refractivity contribution is -0.147. The van der Waals surface area contributed by atoms with Crippen molar-refractivity contribution in [2.75, 3.05) is 27.3 Å². The van der Waals surface area contributed by atoms with E-state index in [9.17, 15) is 4.79 Å². The van der Waals surface area contributed by atoms with Gasteiger partial charge >= 0.3 is 5.97 Å². The average molecular weight is 330 g/mol. The molecule has 0 atom stereocenters. The molecule has 2 rings (SSSR count). The van der Waals surface area contributed by atoms with Gasteiger partial charge in [-0.2, -0.15) is 0 Å². The molecule has 0 amide bonds. The lowest BCUT2D eigenvalue weighted by atomic mass is 9.99. The summed E-state index contributed by atoms with van der Waals surface area (Å²) in [7, 11) is 3.22. The van der Waals surface area contributed by atoms with Crippen LogP contribution >= 0.6 is 15.9 Å². The van der Waals surface area contributed by atoms with Crippen molar-refractivity contribution in [2.45, 2.75) is 6.54 Å². The summed E-state index contributed by atoms with van der Waals surface area (Å²) >= 11 is 3.50. The quantitative estimate of drug-likeness (QED) is 0.895. The highest BCUT2D eigenvalue weighted by Crippen LogP contribution is 2.34. The van der Waals surface area contributed by atoms with Crippen LogP contribution in [0.3, 0.4) is 0 Å². The molecule has 0 aromatic heterocycles. The molecular formula is C13H16BrNO4. The van der Waals surface area contributed by atoms with Crippen LogP contribution < -0.4 is 9.47 Å². The Labute approximate surface area is 120 Å². The molecule has 0 spiro atoms. The molecule has 0 unspecified atom stereocenters.